The molecule has 0 aliphatic rings. The first-order valence-corrected chi connectivity index (χ1v) is 9.95. The number of benzene rings is 1. The lowest BCUT2D eigenvalue weighted by Crippen LogP contribution is -2.14. The molecule has 24 heavy (non-hydrogen) atoms. The molecular formula is C17H18N2O3S2. The summed E-state index contributed by atoms with van der Waals surface area (Å²) in [6.07, 6.45) is 1.57. The number of rotatable bonds is 7. The van der Waals surface area contributed by atoms with Crippen LogP contribution in [0.4, 0.5) is 5.69 Å². The van der Waals surface area contributed by atoms with Gasteiger partial charge in [0.2, 0.25) is 0 Å². The van der Waals surface area contributed by atoms with Gasteiger partial charge in [0.05, 0.1) is 16.8 Å². The zero-order chi connectivity index (χ0) is 17.0. The molecule has 0 unspecified atom stereocenters. The van der Waals surface area contributed by atoms with E-state index in [1.165, 1.54) is 11.3 Å². The third kappa shape index (κ3) is 3.69. The van der Waals surface area contributed by atoms with Gasteiger partial charge in [-0.15, -0.1) is 0 Å². The minimum Gasteiger partial charge on any atom is -0.464 e. The fraction of sp³-hybridized carbons (Fsp3) is 0.176. The Morgan fingerprint density at radius 2 is 2.08 bits per heavy atom. The molecule has 0 fully saturated rings. The molecule has 126 valence electrons. The highest BCUT2D eigenvalue weighted by atomic mass is 32.2. The van der Waals surface area contributed by atoms with Crippen LogP contribution in [0.15, 0.2) is 62.7 Å². The number of anilines is 1. The van der Waals surface area contributed by atoms with E-state index in [1.54, 1.807) is 35.2 Å². The maximum Gasteiger partial charge on any atom is 0.262 e. The van der Waals surface area contributed by atoms with Gasteiger partial charge in [-0.2, -0.15) is 11.3 Å². The van der Waals surface area contributed by atoms with Gasteiger partial charge in [0.25, 0.3) is 10.0 Å². The monoisotopic (exact) mass is 362 g/mol. The van der Waals surface area contributed by atoms with Crippen LogP contribution >= 0.6 is 11.3 Å². The molecule has 0 bridgehead atoms. The van der Waals surface area contributed by atoms with E-state index in [2.05, 4.69) is 10.0 Å². The van der Waals surface area contributed by atoms with Gasteiger partial charge >= 0.3 is 0 Å². The van der Waals surface area contributed by atoms with Gasteiger partial charge < -0.3 is 9.73 Å². The Kier molecular flexibility index (Phi) is 5.03. The molecule has 2 aromatic heterocycles. The molecule has 0 spiro atoms. The summed E-state index contributed by atoms with van der Waals surface area (Å²) in [6, 6.07) is 10.8. The van der Waals surface area contributed by atoms with Crippen LogP contribution in [0.25, 0.3) is 11.3 Å². The molecule has 0 amide bonds. The average Bonchev–Trinajstić information content (AvgIpc) is 3.27. The molecule has 7 heteroatoms. The van der Waals surface area contributed by atoms with Crippen LogP contribution in [0.3, 0.4) is 0 Å². The Hall–Kier alpha value is -2.09. The van der Waals surface area contributed by atoms with Crippen LogP contribution in [0.5, 0.6) is 0 Å². The normalized spacial score (nSPS) is 11.5. The summed E-state index contributed by atoms with van der Waals surface area (Å²) in [7, 11) is -3.61. The second kappa shape index (κ2) is 7.21. The molecule has 1 aromatic carbocycles. The largest absolute Gasteiger partial charge is 0.464 e. The van der Waals surface area contributed by atoms with E-state index in [1.807, 2.05) is 25.1 Å². The smallest absolute Gasteiger partial charge is 0.262 e. The Morgan fingerprint density at radius 3 is 2.75 bits per heavy atom. The van der Waals surface area contributed by atoms with Crippen LogP contribution in [-0.2, 0) is 16.6 Å². The fourth-order valence-corrected chi connectivity index (χ4v) is 4.41. The van der Waals surface area contributed by atoms with Crippen molar-refractivity contribution in [2.45, 2.75) is 18.4 Å². The molecule has 0 aliphatic carbocycles. The highest BCUT2D eigenvalue weighted by Gasteiger charge is 2.18. The number of furan rings is 1. The molecule has 0 atom stereocenters. The summed E-state index contributed by atoms with van der Waals surface area (Å²) in [5.74, 6) is 0.622. The predicted molar refractivity (Wildman–Crippen MR) is 96.7 cm³/mol. The number of thiophene rings is 1. The van der Waals surface area contributed by atoms with Crippen molar-refractivity contribution in [2.24, 2.45) is 0 Å². The SMILES string of the molecule is CCNCc1ccc(NS(=O)(=O)c2ccsc2)c(-c2ccco2)c1. The maximum absolute atomic E-state index is 12.5. The Labute approximate surface area is 145 Å². The number of nitrogens with one attached hydrogen (secondary N) is 2. The van der Waals surface area contributed by atoms with Crippen molar-refractivity contribution in [3.05, 3.63) is 59.0 Å². The lowest BCUT2D eigenvalue weighted by Gasteiger charge is -2.13. The highest BCUT2D eigenvalue weighted by molar-refractivity contribution is 7.92. The summed E-state index contributed by atoms with van der Waals surface area (Å²) in [5.41, 5.74) is 2.27. The lowest BCUT2D eigenvalue weighted by molar-refractivity contribution is 0.582. The van der Waals surface area contributed by atoms with Crippen LogP contribution in [0.1, 0.15) is 12.5 Å². The Bertz CT molecular complexity index is 886. The van der Waals surface area contributed by atoms with Gasteiger partial charge in [-0.1, -0.05) is 13.0 Å². The molecule has 5 nitrogen and oxygen atoms in total. The van der Waals surface area contributed by atoms with E-state index in [0.29, 0.717) is 23.6 Å². The quantitative estimate of drug-likeness (QED) is 0.668. The van der Waals surface area contributed by atoms with Gasteiger partial charge in [0, 0.05) is 17.5 Å². The zero-order valence-electron chi connectivity index (χ0n) is 13.2. The van der Waals surface area contributed by atoms with Gasteiger partial charge in [-0.05, 0) is 47.8 Å². The van der Waals surface area contributed by atoms with Crippen molar-refractivity contribution in [1.82, 2.24) is 5.32 Å². The molecule has 3 aromatic rings. The van der Waals surface area contributed by atoms with E-state index < -0.39 is 10.0 Å². The highest BCUT2D eigenvalue weighted by Crippen LogP contribution is 2.31. The van der Waals surface area contributed by atoms with E-state index in [-0.39, 0.29) is 4.90 Å². The van der Waals surface area contributed by atoms with Crippen molar-refractivity contribution in [3.8, 4) is 11.3 Å². The fourth-order valence-electron chi connectivity index (χ4n) is 2.30. The van der Waals surface area contributed by atoms with E-state index in [0.717, 1.165) is 12.1 Å². The lowest BCUT2D eigenvalue weighted by atomic mass is 10.1. The molecule has 2 N–H and O–H groups in total. The minimum absolute atomic E-state index is 0.259. The van der Waals surface area contributed by atoms with Crippen LogP contribution in [-0.4, -0.2) is 15.0 Å². The maximum atomic E-state index is 12.5. The van der Waals surface area contributed by atoms with E-state index >= 15 is 0 Å². The van der Waals surface area contributed by atoms with E-state index in [9.17, 15) is 8.42 Å². The molecule has 0 aliphatic heterocycles. The predicted octanol–water partition coefficient (Wildman–Crippen LogP) is 3.92. The number of hydrogen-bond donors (Lipinski definition) is 2. The van der Waals surface area contributed by atoms with Crippen LogP contribution < -0.4 is 10.0 Å². The summed E-state index contributed by atoms with van der Waals surface area (Å²) >= 11 is 1.34. The first-order valence-electron chi connectivity index (χ1n) is 7.52. The summed E-state index contributed by atoms with van der Waals surface area (Å²) in [6.45, 7) is 3.61. The topological polar surface area (TPSA) is 71.3 Å². The van der Waals surface area contributed by atoms with Gasteiger partial charge in [0.1, 0.15) is 5.76 Å². The summed E-state index contributed by atoms with van der Waals surface area (Å²) < 4.78 is 33.1. The third-order valence-electron chi connectivity index (χ3n) is 3.50. The summed E-state index contributed by atoms with van der Waals surface area (Å²) in [5, 5.41) is 6.60. The Morgan fingerprint density at radius 1 is 1.21 bits per heavy atom. The number of sulfonamides is 1. The second-order valence-corrected chi connectivity index (χ2v) is 7.66. The standard InChI is InChI=1S/C17H18N2O3S2/c1-2-18-11-13-5-6-16(15(10-13)17-4-3-8-22-17)19-24(20,21)14-7-9-23-12-14/h3-10,12,18-19H,2,11H2,1H3. The van der Waals surface area contributed by atoms with Crippen LogP contribution in [0.2, 0.25) is 0 Å². The van der Waals surface area contributed by atoms with Gasteiger partial charge in [0.15, 0.2) is 0 Å². The number of hydrogen-bond acceptors (Lipinski definition) is 5. The van der Waals surface area contributed by atoms with Crippen molar-refractivity contribution < 1.29 is 12.8 Å². The van der Waals surface area contributed by atoms with Crippen molar-refractivity contribution in [1.29, 1.82) is 0 Å². The molecule has 0 saturated carbocycles. The second-order valence-electron chi connectivity index (χ2n) is 5.20. The molecule has 0 saturated heterocycles. The van der Waals surface area contributed by atoms with Gasteiger partial charge in [-0.3, -0.25) is 4.72 Å². The van der Waals surface area contributed by atoms with Crippen molar-refractivity contribution in [2.75, 3.05) is 11.3 Å². The van der Waals surface area contributed by atoms with Crippen molar-refractivity contribution in [3.63, 3.8) is 0 Å². The first kappa shape index (κ1) is 16.8. The summed E-state index contributed by atoms with van der Waals surface area (Å²) in [4.78, 5) is 0.259. The molecule has 3 rings (SSSR count). The third-order valence-corrected chi connectivity index (χ3v) is 5.70. The van der Waals surface area contributed by atoms with Gasteiger partial charge in [-0.25, -0.2) is 8.42 Å². The zero-order valence-corrected chi connectivity index (χ0v) is 14.8. The van der Waals surface area contributed by atoms with Crippen molar-refractivity contribution >= 4 is 27.0 Å². The molecular weight excluding hydrogens is 344 g/mol. The van der Waals surface area contributed by atoms with Crippen LogP contribution in [0, 0.1) is 0 Å². The molecule has 0 radical (unpaired) electrons. The first-order chi connectivity index (χ1) is 11.6. The molecule has 2 heterocycles. The average molecular weight is 362 g/mol. The van der Waals surface area contributed by atoms with E-state index in [4.69, 9.17) is 4.42 Å². The minimum atomic E-state index is -3.61. The Balaban J connectivity index is 1.98.